The van der Waals surface area contributed by atoms with Crippen molar-refractivity contribution in [3.8, 4) is 0 Å². The Morgan fingerprint density at radius 1 is 1.44 bits per heavy atom. The summed E-state index contributed by atoms with van der Waals surface area (Å²) >= 11 is 0. The molecule has 0 amide bonds. The summed E-state index contributed by atoms with van der Waals surface area (Å²) in [6.07, 6.45) is 0.131. The molecule has 1 fully saturated rings. The van der Waals surface area contributed by atoms with E-state index in [1.165, 1.54) is 0 Å². The largest absolute Gasteiger partial charge is 0.465 e. The summed E-state index contributed by atoms with van der Waals surface area (Å²) < 4.78 is 16.6. The van der Waals surface area contributed by atoms with Crippen LogP contribution in [0.1, 0.15) is 25.4 Å². The highest BCUT2D eigenvalue weighted by atomic mass is 16.7. The molecular formula is C12H19NO3. The van der Waals surface area contributed by atoms with Gasteiger partial charge in [0.15, 0.2) is 5.79 Å². The summed E-state index contributed by atoms with van der Waals surface area (Å²) in [5, 5.41) is 3.30. The van der Waals surface area contributed by atoms with Crippen molar-refractivity contribution in [2.75, 3.05) is 13.2 Å². The van der Waals surface area contributed by atoms with E-state index < -0.39 is 5.79 Å². The summed E-state index contributed by atoms with van der Waals surface area (Å²) in [7, 11) is 0. The summed E-state index contributed by atoms with van der Waals surface area (Å²) in [6, 6.07) is 3.95. The van der Waals surface area contributed by atoms with Crippen molar-refractivity contribution in [2.45, 2.75) is 39.2 Å². The fraction of sp³-hybridized carbons (Fsp3) is 0.667. The van der Waals surface area contributed by atoms with Crippen molar-refractivity contribution in [3.05, 3.63) is 23.7 Å². The number of nitrogens with one attached hydrogen (secondary N) is 1. The van der Waals surface area contributed by atoms with Gasteiger partial charge in [0.05, 0.1) is 19.3 Å². The van der Waals surface area contributed by atoms with Gasteiger partial charge in [-0.2, -0.15) is 0 Å². The molecule has 4 heteroatoms. The minimum absolute atomic E-state index is 0.131. The van der Waals surface area contributed by atoms with Crippen LogP contribution < -0.4 is 5.32 Å². The SMILES string of the molecule is Cc1ccc(CNCC2COC(C)(C)O2)o1. The molecule has 1 aromatic heterocycles. The summed E-state index contributed by atoms with van der Waals surface area (Å²) in [4.78, 5) is 0. The Bertz CT molecular complexity index is 346. The quantitative estimate of drug-likeness (QED) is 0.849. The third-order valence-corrected chi connectivity index (χ3v) is 2.53. The van der Waals surface area contributed by atoms with E-state index in [-0.39, 0.29) is 6.10 Å². The van der Waals surface area contributed by atoms with Crippen molar-refractivity contribution in [2.24, 2.45) is 0 Å². The van der Waals surface area contributed by atoms with Gasteiger partial charge in [-0.25, -0.2) is 0 Å². The van der Waals surface area contributed by atoms with Crippen LogP contribution in [0.25, 0.3) is 0 Å². The molecular weight excluding hydrogens is 206 g/mol. The zero-order valence-corrected chi connectivity index (χ0v) is 10.1. The van der Waals surface area contributed by atoms with E-state index in [9.17, 15) is 0 Å². The predicted molar refractivity (Wildman–Crippen MR) is 60.1 cm³/mol. The zero-order valence-electron chi connectivity index (χ0n) is 10.1. The molecule has 0 saturated carbocycles. The van der Waals surface area contributed by atoms with E-state index in [0.717, 1.165) is 24.6 Å². The second-order valence-electron chi connectivity index (χ2n) is 4.59. The van der Waals surface area contributed by atoms with Crippen LogP contribution in [-0.2, 0) is 16.0 Å². The van der Waals surface area contributed by atoms with Gasteiger partial charge in [0.2, 0.25) is 0 Å². The number of furan rings is 1. The highest BCUT2D eigenvalue weighted by Gasteiger charge is 2.32. The Balaban J connectivity index is 1.69. The van der Waals surface area contributed by atoms with E-state index >= 15 is 0 Å². The van der Waals surface area contributed by atoms with Gasteiger partial charge in [0, 0.05) is 6.54 Å². The van der Waals surface area contributed by atoms with Gasteiger partial charge >= 0.3 is 0 Å². The third kappa shape index (κ3) is 3.07. The van der Waals surface area contributed by atoms with Crippen LogP contribution in [0, 0.1) is 6.92 Å². The molecule has 4 nitrogen and oxygen atoms in total. The van der Waals surface area contributed by atoms with Crippen molar-refractivity contribution in [1.82, 2.24) is 5.32 Å². The maximum atomic E-state index is 5.68. The fourth-order valence-corrected chi connectivity index (χ4v) is 1.80. The van der Waals surface area contributed by atoms with Gasteiger partial charge in [-0.1, -0.05) is 0 Å². The van der Waals surface area contributed by atoms with Gasteiger partial charge in [-0.3, -0.25) is 0 Å². The number of hydrogen-bond donors (Lipinski definition) is 1. The van der Waals surface area contributed by atoms with Crippen LogP contribution in [-0.4, -0.2) is 25.0 Å². The minimum atomic E-state index is -0.437. The highest BCUT2D eigenvalue weighted by Crippen LogP contribution is 2.21. The van der Waals surface area contributed by atoms with Crippen LogP contribution in [0.5, 0.6) is 0 Å². The third-order valence-electron chi connectivity index (χ3n) is 2.53. The fourth-order valence-electron chi connectivity index (χ4n) is 1.80. The first kappa shape index (κ1) is 11.6. The summed E-state index contributed by atoms with van der Waals surface area (Å²) in [5.74, 6) is 1.46. The summed E-state index contributed by atoms with van der Waals surface area (Å²) in [5.41, 5.74) is 0. The van der Waals surface area contributed by atoms with E-state index in [2.05, 4.69) is 5.32 Å². The lowest BCUT2D eigenvalue weighted by atomic mass is 10.3. The average molecular weight is 225 g/mol. The lowest BCUT2D eigenvalue weighted by molar-refractivity contribution is -0.137. The van der Waals surface area contributed by atoms with Gasteiger partial charge in [0.1, 0.15) is 11.5 Å². The highest BCUT2D eigenvalue weighted by molar-refractivity contribution is 5.05. The van der Waals surface area contributed by atoms with Crippen LogP contribution in [0.2, 0.25) is 0 Å². The average Bonchev–Trinajstić information content (AvgIpc) is 2.73. The molecule has 1 N–H and O–H groups in total. The Morgan fingerprint density at radius 2 is 2.25 bits per heavy atom. The molecule has 1 unspecified atom stereocenters. The first-order chi connectivity index (χ1) is 7.55. The molecule has 0 radical (unpaired) electrons. The molecule has 0 aromatic carbocycles. The number of ether oxygens (including phenoxy) is 2. The van der Waals surface area contributed by atoms with Crippen molar-refractivity contribution < 1.29 is 13.9 Å². The smallest absolute Gasteiger partial charge is 0.163 e. The molecule has 2 heterocycles. The van der Waals surface area contributed by atoms with Crippen LogP contribution >= 0.6 is 0 Å². The van der Waals surface area contributed by atoms with Gasteiger partial charge in [-0.05, 0) is 32.9 Å². The van der Waals surface area contributed by atoms with Crippen LogP contribution in [0.3, 0.4) is 0 Å². The number of hydrogen-bond acceptors (Lipinski definition) is 4. The molecule has 1 aliphatic heterocycles. The summed E-state index contributed by atoms with van der Waals surface area (Å²) in [6.45, 7) is 7.97. The van der Waals surface area contributed by atoms with E-state index in [1.54, 1.807) is 0 Å². The van der Waals surface area contributed by atoms with E-state index in [1.807, 2.05) is 32.9 Å². The molecule has 0 aliphatic carbocycles. The standard InChI is InChI=1S/C12H19NO3/c1-9-4-5-10(15-9)6-13-7-11-8-14-12(2,3)16-11/h4-5,11,13H,6-8H2,1-3H3. The monoisotopic (exact) mass is 225 g/mol. The van der Waals surface area contributed by atoms with E-state index in [4.69, 9.17) is 13.9 Å². The molecule has 1 aromatic rings. The lowest BCUT2D eigenvalue weighted by Crippen LogP contribution is -2.30. The second kappa shape index (κ2) is 4.57. The van der Waals surface area contributed by atoms with Gasteiger partial charge < -0.3 is 19.2 Å². The maximum Gasteiger partial charge on any atom is 0.163 e. The normalized spacial score (nSPS) is 23.8. The first-order valence-electron chi connectivity index (χ1n) is 5.63. The molecule has 0 bridgehead atoms. The topological polar surface area (TPSA) is 43.6 Å². The molecule has 1 aliphatic rings. The van der Waals surface area contributed by atoms with Crippen LogP contribution in [0.4, 0.5) is 0 Å². The Morgan fingerprint density at radius 3 is 2.81 bits per heavy atom. The zero-order chi connectivity index (χ0) is 11.6. The maximum absolute atomic E-state index is 5.68. The molecule has 16 heavy (non-hydrogen) atoms. The first-order valence-corrected chi connectivity index (χ1v) is 5.63. The van der Waals surface area contributed by atoms with Crippen molar-refractivity contribution in [1.29, 1.82) is 0 Å². The molecule has 0 spiro atoms. The Kier molecular flexibility index (Phi) is 3.33. The predicted octanol–water partition coefficient (Wildman–Crippen LogP) is 1.83. The Hall–Kier alpha value is -0.840. The molecule has 90 valence electrons. The second-order valence-corrected chi connectivity index (χ2v) is 4.59. The van der Waals surface area contributed by atoms with E-state index in [0.29, 0.717) is 6.61 Å². The lowest BCUT2D eigenvalue weighted by Gasteiger charge is -2.17. The molecule has 2 rings (SSSR count). The molecule has 1 saturated heterocycles. The van der Waals surface area contributed by atoms with Gasteiger partial charge in [0.25, 0.3) is 0 Å². The number of rotatable bonds is 4. The van der Waals surface area contributed by atoms with Gasteiger partial charge in [-0.15, -0.1) is 0 Å². The Labute approximate surface area is 95.9 Å². The minimum Gasteiger partial charge on any atom is -0.465 e. The molecule has 1 atom stereocenters. The number of aryl methyl sites for hydroxylation is 1. The van der Waals surface area contributed by atoms with Crippen molar-refractivity contribution >= 4 is 0 Å². The van der Waals surface area contributed by atoms with Crippen LogP contribution in [0.15, 0.2) is 16.5 Å². The van der Waals surface area contributed by atoms with Crippen molar-refractivity contribution in [3.63, 3.8) is 0 Å².